The third-order valence-corrected chi connectivity index (χ3v) is 3.97. The zero-order valence-electron chi connectivity index (χ0n) is 12.7. The number of hydrogen-bond donors (Lipinski definition) is 1. The maximum Gasteiger partial charge on any atom is 0.323 e. The molecule has 1 amide bonds. The van der Waals surface area contributed by atoms with Gasteiger partial charge in [0.05, 0.1) is 17.5 Å². The van der Waals surface area contributed by atoms with Gasteiger partial charge in [-0.1, -0.05) is 18.2 Å². The molecule has 1 fully saturated rings. The van der Waals surface area contributed by atoms with Crippen LogP contribution in [0.25, 0.3) is 10.8 Å². The van der Waals surface area contributed by atoms with Crippen LogP contribution in [0.15, 0.2) is 29.1 Å². The predicted octanol–water partition coefficient (Wildman–Crippen LogP) is 0.552. The van der Waals surface area contributed by atoms with Crippen molar-refractivity contribution in [3.05, 3.63) is 40.3 Å². The number of fused-ring (bicyclic) bond motifs is 1. The van der Waals surface area contributed by atoms with E-state index in [1.807, 2.05) is 0 Å². The van der Waals surface area contributed by atoms with Crippen LogP contribution in [0.2, 0.25) is 0 Å². The molecule has 7 heteroatoms. The summed E-state index contributed by atoms with van der Waals surface area (Å²) in [6, 6.07) is 7.01. The van der Waals surface area contributed by atoms with Crippen LogP contribution in [-0.2, 0) is 23.1 Å². The second-order valence-electron chi connectivity index (χ2n) is 5.74. The first-order valence-electron chi connectivity index (χ1n) is 7.43. The van der Waals surface area contributed by atoms with E-state index >= 15 is 0 Å². The van der Waals surface area contributed by atoms with Crippen LogP contribution >= 0.6 is 0 Å². The van der Waals surface area contributed by atoms with E-state index in [0.717, 1.165) is 12.8 Å². The van der Waals surface area contributed by atoms with Crippen molar-refractivity contribution in [1.82, 2.24) is 14.7 Å². The van der Waals surface area contributed by atoms with E-state index in [-0.39, 0.29) is 30.5 Å². The lowest BCUT2D eigenvalue weighted by molar-refractivity contribution is -0.144. The topological polar surface area (TPSA) is 92.5 Å². The van der Waals surface area contributed by atoms with Gasteiger partial charge in [-0.25, -0.2) is 4.68 Å². The van der Waals surface area contributed by atoms with Crippen molar-refractivity contribution in [2.75, 3.05) is 6.54 Å². The Bertz CT molecular complexity index is 839. The summed E-state index contributed by atoms with van der Waals surface area (Å²) in [5, 5.41) is 14.3. The Hall–Kier alpha value is -2.70. The van der Waals surface area contributed by atoms with E-state index < -0.39 is 5.97 Å². The summed E-state index contributed by atoms with van der Waals surface area (Å²) in [5.74, 6) is -1.30. The second kappa shape index (κ2) is 5.83. The van der Waals surface area contributed by atoms with Crippen molar-refractivity contribution in [2.24, 2.45) is 7.05 Å². The van der Waals surface area contributed by atoms with E-state index in [1.54, 1.807) is 31.3 Å². The molecule has 0 bridgehead atoms. The highest BCUT2D eigenvalue weighted by molar-refractivity contribution is 5.89. The van der Waals surface area contributed by atoms with Gasteiger partial charge in [-0.3, -0.25) is 14.4 Å². The highest BCUT2D eigenvalue weighted by atomic mass is 16.4. The third kappa shape index (κ3) is 3.08. The molecule has 0 aliphatic heterocycles. The number of aryl methyl sites for hydroxylation is 1. The summed E-state index contributed by atoms with van der Waals surface area (Å²) in [6.07, 6.45) is 1.65. The molecule has 1 aromatic carbocycles. The lowest BCUT2D eigenvalue weighted by atomic mass is 10.1. The molecule has 3 rings (SSSR count). The van der Waals surface area contributed by atoms with E-state index in [9.17, 15) is 14.4 Å². The number of aromatic nitrogens is 2. The molecule has 1 heterocycles. The van der Waals surface area contributed by atoms with Crippen molar-refractivity contribution in [3.63, 3.8) is 0 Å². The number of rotatable bonds is 5. The number of carbonyl (C=O) groups is 2. The lowest BCUT2D eigenvalue weighted by Crippen LogP contribution is -2.38. The molecule has 1 aromatic heterocycles. The molecule has 0 spiro atoms. The molecule has 0 unspecified atom stereocenters. The Morgan fingerprint density at radius 2 is 1.96 bits per heavy atom. The Balaban J connectivity index is 1.94. The first kappa shape index (κ1) is 15.2. The average Bonchev–Trinajstić information content (AvgIpc) is 3.34. The van der Waals surface area contributed by atoms with Crippen LogP contribution in [0.5, 0.6) is 0 Å². The molecule has 0 atom stereocenters. The minimum absolute atomic E-state index is 0.0115. The van der Waals surface area contributed by atoms with Crippen LogP contribution in [0.1, 0.15) is 18.5 Å². The zero-order chi connectivity index (χ0) is 16.6. The SMILES string of the molecule is Cn1nc(CC(=O)N(CC(=O)O)C2CC2)c2ccccc2c1=O. The predicted molar refractivity (Wildman–Crippen MR) is 83.1 cm³/mol. The van der Waals surface area contributed by atoms with Gasteiger partial charge in [0.25, 0.3) is 5.56 Å². The summed E-state index contributed by atoms with van der Waals surface area (Å²) < 4.78 is 1.21. The largest absolute Gasteiger partial charge is 0.480 e. The highest BCUT2D eigenvalue weighted by Gasteiger charge is 2.34. The maximum absolute atomic E-state index is 12.5. The van der Waals surface area contributed by atoms with Gasteiger partial charge in [-0.2, -0.15) is 5.10 Å². The smallest absolute Gasteiger partial charge is 0.323 e. The van der Waals surface area contributed by atoms with Gasteiger partial charge >= 0.3 is 5.97 Å². The quantitative estimate of drug-likeness (QED) is 0.870. The molecule has 0 saturated heterocycles. The van der Waals surface area contributed by atoms with Gasteiger partial charge in [0, 0.05) is 18.5 Å². The van der Waals surface area contributed by atoms with Crippen LogP contribution in [0, 0.1) is 0 Å². The number of hydrogen-bond acceptors (Lipinski definition) is 4. The first-order chi connectivity index (χ1) is 11.0. The standard InChI is InChI=1S/C16H17N3O4/c1-18-16(23)12-5-3-2-4-11(12)13(17-18)8-14(20)19(9-15(21)22)10-6-7-10/h2-5,10H,6-9H2,1H3,(H,21,22). The molecule has 1 N–H and O–H groups in total. The van der Waals surface area contributed by atoms with Gasteiger partial charge in [0.2, 0.25) is 5.91 Å². The van der Waals surface area contributed by atoms with Gasteiger partial charge in [0.1, 0.15) is 6.54 Å². The summed E-state index contributed by atoms with van der Waals surface area (Å²) in [4.78, 5) is 36.9. The molecule has 0 radical (unpaired) electrons. The van der Waals surface area contributed by atoms with Gasteiger partial charge < -0.3 is 10.0 Å². The van der Waals surface area contributed by atoms with Crippen LogP contribution in [0.4, 0.5) is 0 Å². The lowest BCUT2D eigenvalue weighted by Gasteiger charge is -2.20. The number of benzene rings is 1. The summed E-state index contributed by atoms with van der Waals surface area (Å²) in [7, 11) is 1.54. The first-order valence-corrected chi connectivity index (χ1v) is 7.43. The summed E-state index contributed by atoms with van der Waals surface area (Å²) in [5.41, 5.74) is 0.269. The van der Waals surface area contributed by atoms with Crippen molar-refractivity contribution in [1.29, 1.82) is 0 Å². The summed E-state index contributed by atoms with van der Waals surface area (Å²) in [6.45, 7) is -0.298. The second-order valence-corrected chi connectivity index (χ2v) is 5.74. The Kier molecular flexibility index (Phi) is 3.85. The van der Waals surface area contributed by atoms with Crippen molar-refractivity contribution in [3.8, 4) is 0 Å². The van der Waals surface area contributed by atoms with Crippen LogP contribution in [0.3, 0.4) is 0 Å². The number of amides is 1. The third-order valence-electron chi connectivity index (χ3n) is 3.97. The summed E-state index contributed by atoms with van der Waals surface area (Å²) >= 11 is 0. The zero-order valence-corrected chi connectivity index (χ0v) is 12.7. The van der Waals surface area contributed by atoms with E-state index in [4.69, 9.17) is 5.11 Å². The average molecular weight is 315 g/mol. The fourth-order valence-corrected chi connectivity index (χ4v) is 2.70. The fourth-order valence-electron chi connectivity index (χ4n) is 2.70. The van der Waals surface area contributed by atoms with E-state index in [1.165, 1.54) is 9.58 Å². The monoisotopic (exact) mass is 315 g/mol. The van der Waals surface area contributed by atoms with Crippen molar-refractivity contribution >= 4 is 22.6 Å². The molecular weight excluding hydrogens is 298 g/mol. The Labute approximate surface area is 132 Å². The Morgan fingerprint density at radius 1 is 1.30 bits per heavy atom. The molecule has 2 aromatic rings. The molecule has 120 valence electrons. The molecule has 7 nitrogen and oxygen atoms in total. The van der Waals surface area contributed by atoms with Crippen LogP contribution < -0.4 is 5.56 Å². The van der Waals surface area contributed by atoms with Crippen LogP contribution in [-0.4, -0.2) is 44.3 Å². The number of nitrogens with zero attached hydrogens (tertiary/aromatic N) is 3. The van der Waals surface area contributed by atoms with E-state index in [0.29, 0.717) is 16.5 Å². The van der Waals surface area contributed by atoms with Crippen molar-refractivity contribution < 1.29 is 14.7 Å². The number of carboxylic acid groups (broad SMARTS) is 1. The normalized spacial score (nSPS) is 14.0. The fraction of sp³-hybridized carbons (Fsp3) is 0.375. The molecule has 1 aliphatic rings. The van der Waals surface area contributed by atoms with E-state index in [2.05, 4.69) is 5.10 Å². The van der Waals surface area contributed by atoms with Gasteiger partial charge in [-0.05, 0) is 18.9 Å². The molecule has 1 aliphatic carbocycles. The van der Waals surface area contributed by atoms with Gasteiger partial charge in [-0.15, -0.1) is 0 Å². The highest BCUT2D eigenvalue weighted by Crippen LogP contribution is 2.27. The minimum Gasteiger partial charge on any atom is -0.480 e. The number of carboxylic acids is 1. The number of carbonyl (C=O) groups excluding carboxylic acids is 1. The van der Waals surface area contributed by atoms with Gasteiger partial charge in [0.15, 0.2) is 0 Å². The molecular formula is C16H17N3O4. The molecule has 23 heavy (non-hydrogen) atoms. The molecule has 1 saturated carbocycles. The van der Waals surface area contributed by atoms with Crippen molar-refractivity contribution in [2.45, 2.75) is 25.3 Å². The minimum atomic E-state index is -1.02. The Morgan fingerprint density at radius 3 is 2.57 bits per heavy atom. The maximum atomic E-state index is 12.5. The number of aliphatic carboxylic acids is 1.